The van der Waals surface area contributed by atoms with Crippen LogP contribution in [0.4, 0.5) is 0 Å². The van der Waals surface area contributed by atoms with E-state index in [9.17, 15) is 5.11 Å². The van der Waals surface area contributed by atoms with E-state index in [1.165, 1.54) is 5.56 Å². The second-order valence-corrected chi connectivity index (χ2v) is 5.87. The lowest BCUT2D eigenvalue weighted by Gasteiger charge is -2.16. The van der Waals surface area contributed by atoms with Gasteiger partial charge in [-0.3, -0.25) is 4.98 Å². The predicted molar refractivity (Wildman–Crippen MR) is 81.7 cm³/mol. The van der Waals surface area contributed by atoms with Crippen molar-refractivity contribution in [2.45, 2.75) is 45.8 Å². The summed E-state index contributed by atoms with van der Waals surface area (Å²) in [6, 6.07) is 0. The Balaban J connectivity index is 1.91. The fourth-order valence-corrected chi connectivity index (χ4v) is 3.22. The number of rotatable bonds is 3. The van der Waals surface area contributed by atoms with Crippen molar-refractivity contribution in [1.82, 2.24) is 9.55 Å². The van der Waals surface area contributed by atoms with Crippen LogP contribution in [0.25, 0.3) is 0 Å². The molecule has 0 aromatic carbocycles. The fraction of sp³-hybridized carbons (Fsp3) is 0.471. The van der Waals surface area contributed by atoms with Gasteiger partial charge in [-0.15, -0.1) is 0 Å². The average Bonchev–Trinajstić information content (AvgIpc) is 2.87. The molecule has 1 N–H and O–H groups in total. The molecule has 0 amide bonds. The van der Waals surface area contributed by atoms with Gasteiger partial charge >= 0.3 is 0 Å². The van der Waals surface area contributed by atoms with Crippen LogP contribution in [0, 0.1) is 13.8 Å². The lowest BCUT2D eigenvalue weighted by Crippen LogP contribution is -2.06. The molecule has 4 nitrogen and oxygen atoms in total. The molecule has 0 fully saturated rings. The van der Waals surface area contributed by atoms with Gasteiger partial charge < -0.3 is 14.4 Å². The maximum absolute atomic E-state index is 10.1. The van der Waals surface area contributed by atoms with Crippen molar-refractivity contribution >= 4 is 0 Å². The molecule has 1 aliphatic rings. The maximum Gasteiger partial charge on any atom is 0.128 e. The molecule has 2 aromatic heterocycles. The summed E-state index contributed by atoms with van der Waals surface area (Å²) in [6.07, 6.45) is 8.75. The minimum Gasteiger partial charge on any atom is -0.496 e. The number of pyridine rings is 1. The van der Waals surface area contributed by atoms with Crippen molar-refractivity contribution in [3.8, 4) is 5.75 Å². The second kappa shape index (κ2) is 5.53. The Bertz CT molecular complexity index is 661. The van der Waals surface area contributed by atoms with E-state index in [-0.39, 0.29) is 6.10 Å². The minimum absolute atomic E-state index is 0.309. The summed E-state index contributed by atoms with van der Waals surface area (Å²) in [5.74, 6) is 0.914. The molecule has 1 aliphatic carbocycles. The SMILES string of the molecule is COc1c(C)cnc(Cn2cc3c(c2)C(O)CCC3)c1C. The molecule has 0 saturated heterocycles. The summed E-state index contributed by atoms with van der Waals surface area (Å²) in [6.45, 7) is 4.77. The molecule has 112 valence electrons. The molecule has 0 bridgehead atoms. The van der Waals surface area contributed by atoms with Gasteiger partial charge in [0.15, 0.2) is 0 Å². The molecule has 1 atom stereocenters. The van der Waals surface area contributed by atoms with Crippen molar-refractivity contribution in [2.75, 3.05) is 7.11 Å². The number of nitrogens with zero attached hydrogens (tertiary/aromatic N) is 2. The largest absolute Gasteiger partial charge is 0.496 e. The molecular formula is C17H22N2O2. The maximum atomic E-state index is 10.1. The number of aryl methyl sites for hydroxylation is 2. The van der Waals surface area contributed by atoms with Crippen LogP contribution in [0.15, 0.2) is 18.6 Å². The zero-order valence-electron chi connectivity index (χ0n) is 12.9. The highest BCUT2D eigenvalue weighted by atomic mass is 16.5. The van der Waals surface area contributed by atoms with Crippen molar-refractivity contribution in [3.05, 3.63) is 46.5 Å². The van der Waals surface area contributed by atoms with Gasteiger partial charge in [0.2, 0.25) is 0 Å². The number of methoxy groups -OCH3 is 1. The lowest BCUT2D eigenvalue weighted by molar-refractivity contribution is 0.157. The van der Waals surface area contributed by atoms with Gasteiger partial charge in [0.1, 0.15) is 5.75 Å². The Morgan fingerprint density at radius 3 is 2.90 bits per heavy atom. The third-order valence-electron chi connectivity index (χ3n) is 4.36. The van der Waals surface area contributed by atoms with Gasteiger partial charge in [0, 0.05) is 35.3 Å². The molecule has 0 spiro atoms. The predicted octanol–water partition coefficient (Wildman–Crippen LogP) is 2.93. The van der Waals surface area contributed by atoms with Crippen molar-refractivity contribution in [2.24, 2.45) is 0 Å². The van der Waals surface area contributed by atoms with Crippen molar-refractivity contribution in [3.63, 3.8) is 0 Å². The van der Waals surface area contributed by atoms with E-state index >= 15 is 0 Å². The van der Waals surface area contributed by atoms with Gasteiger partial charge in [0.25, 0.3) is 0 Å². The Kier molecular flexibility index (Phi) is 3.72. The molecule has 0 saturated carbocycles. The molecule has 0 radical (unpaired) electrons. The number of fused-ring (bicyclic) bond motifs is 1. The summed E-state index contributed by atoms with van der Waals surface area (Å²) in [4.78, 5) is 4.54. The summed E-state index contributed by atoms with van der Waals surface area (Å²) in [7, 11) is 1.70. The molecule has 0 aliphatic heterocycles. The second-order valence-electron chi connectivity index (χ2n) is 5.87. The molecule has 2 heterocycles. The van der Waals surface area contributed by atoms with Crippen LogP contribution < -0.4 is 4.74 Å². The molecule has 3 rings (SSSR count). The van der Waals surface area contributed by atoms with Gasteiger partial charge in [-0.05, 0) is 38.7 Å². The highest BCUT2D eigenvalue weighted by Gasteiger charge is 2.20. The fourth-order valence-electron chi connectivity index (χ4n) is 3.22. The first-order chi connectivity index (χ1) is 10.1. The Morgan fingerprint density at radius 1 is 1.38 bits per heavy atom. The van der Waals surface area contributed by atoms with E-state index in [2.05, 4.69) is 21.9 Å². The number of hydrogen-bond donors (Lipinski definition) is 1. The van der Waals surface area contributed by atoms with Crippen LogP contribution in [-0.4, -0.2) is 21.8 Å². The van der Waals surface area contributed by atoms with Crippen LogP contribution in [0.5, 0.6) is 5.75 Å². The van der Waals surface area contributed by atoms with Crippen LogP contribution in [0.2, 0.25) is 0 Å². The third-order valence-corrected chi connectivity index (χ3v) is 4.36. The topological polar surface area (TPSA) is 47.3 Å². The standard InChI is InChI=1S/C17H22N2O2/c1-11-7-18-15(12(2)17(11)21-3)10-19-8-13-5-4-6-16(20)14(13)9-19/h7-9,16,20H,4-6,10H2,1-3H3. The highest BCUT2D eigenvalue weighted by Crippen LogP contribution is 2.31. The Labute approximate surface area is 125 Å². The summed E-state index contributed by atoms with van der Waals surface area (Å²) >= 11 is 0. The number of ether oxygens (including phenoxy) is 1. The highest BCUT2D eigenvalue weighted by molar-refractivity contribution is 5.41. The smallest absolute Gasteiger partial charge is 0.128 e. The van der Waals surface area contributed by atoms with Crippen molar-refractivity contribution < 1.29 is 9.84 Å². The summed E-state index contributed by atoms with van der Waals surface area (Å²) in [5.41, 5.74) is 5.51. The number of aromatic nitrogens is 2. The normalized spacial score (nSPS) is 17.6. The number of aliphatic hydroxyl groups excluding tert-OH is 1. The zero-order valence-corrected chi connectivity index (χ0v) is 12.9. The van der Waals surface area contributed by atoms with Crippen LogP contribution in [0.1, 0.15) is 46.9 Å². The van der Waals surface area contributed by atoms with Gasteiger partial charge in [0.05, 0.1) is 25.5 Å². The van der Waals surface area contributed by atoms with Gasteiger partial charge in [-0.1, -0.05) is 0 Å². The number of hydrogen-bond acceptors (Lipinski definition) is 3. The van der Waals surface area contributed by atoms with E-state index < -0.39 is 0 Å². The third kappa shape index (κ3) is 2.56. The Morgan fingerprint density at radius 2 is 2.19 bits per heavy atom. The van der Waals surface area contributed by atoms with Crippen LogP contribution in [-0.2, 0) is 13.0 Å². The van der Waals surface area contributed by atoms with E-state index in [0.717, 1.165) is 47.4 Å². The van der Waals surface area contributed by atoms with Gasteiger partial charge in [-0.25, -0.2) is 0 Å². The molecule has 21 heavy (non-hydrogen) atoms. The first kappa shape index (κ1) is 14.1. The summed E-state index contributed by atoms with van der Waals surface area (Å²) < 4.78 is 7.59. The lowest BCUT2D eigenvalue weighted by atomic mass is 9.93. The Hall–Kier alpha value is -1.81. The molecule has 4 heteroatoms. The first-order valence-corrected chi connectivity index (χ1v) is 7.46. The van der Waals surface area contributed by atoms with E-state index in [1.54, 1.807) is 7.11 Å². The molecule has 1 unspecified atom stereocenters. The van der Waals surface area contributed by atoms with Crippen molar-refractivity contribution in [1.29, 1.82) is 0 Å². The van der Waals surface area contributed by atoms with E-state index in [0.29, 0.717) is 6.54 Å². The van der Waals surface area contributed by atoms with E-state index in [1.807, 2.05) is 20.0 Å². The van der Waals surface area contributed by atoms with E-state index in [4.69, 9.17) is 4.74 Å². The monoisotopic (exact) mass is 286 g/mol. The van der Waals surface area contributed by atoms with Gasteiger partial charge in [-0.2, -0.15) is 0 Å². The number of aliphatic hydroxyl groups is 1. The molecular weight excluding hydrogens is 264 g/mol. The quantitative estimate of drug-likeness (QED) is 0.943. The zero-order chi connectivity index (χ0) is 15.0. The first-order valence-electron chi connectivity index (χ1n) is 7.46. The van der Waals surface area contributed by atoms with Crippen LogP contribution >= 0.6 is 0 Å². The summed E-state index contributed by atoms with van der Waals surface area (Å²) in [5, 5.41) is 10.1. The average molecular weight is 286 g/mol. The molecule has 2 aromatic rings. The minimum atomic E-state index is -0.309. The van der Waals surface area contributed by atoms with Crippen LogP contribution in [0.3, 0.4) is 0 Å².